The molecule has 0 aromatic heterocycles. The summed E-state index contributed by atoms with van der Waals surface area (Å²) >= 11 is 0. The van der Waals surface area contributed by atoms with Crippen LogP contribution in [-0.4, -0.2) is 149 Å². The Morgan fingerprint density at radius 2 is 1.70 bits per heavy atom. The Hall–Kier alpha value is -1.43. The van der Waals surface area contributed by atoms with Gasteiger partial charge in [0, 0.05) is 45.0 Å². The SMILES string of the molecule is CC[C@@H](O)[C@@](C)(O)[C@@H]1OC(=O)[C@H](C)[C@@H](O[C@H]2CC(C)(OC)[C@@H](O)C(C)O2)[C@H](C)[C@@H](O[C@@H]2OC(C)CC(N3CCOCC3)C2O)[C@]2(C)CC(C)=C(O2)[C@@H]1C. The smallest absolute Gasteiger partial charge is 0.311 e. The Kier molecular flexibility index (Phi) is 13.4. The lowest BCUT2D eigenvalue weighted by Gasteiger charge is -2.49. The van der Waals surface area contributed by atoms with Crippen LogP contribution in [-0.2, 0) is 42.7 Å². The zero-order valence-electron chi connectivity index (χ0n) is 33.7. The third-order valence-corrected chi connectivity index (χ3v) is 12.8. The Bertz CT molecular complexity index is 1290. The molecule has 14 nitrogen and oxygen atoms in total. The molecule has 0 aromatic rings. The molecule has 5 heterocycles. The minimum Gasteiger partial charge on any atom is -0.488 e. The standard InChI is InChI=1S/C39H67NO13/c1-12-27(41)39(10,45)34-22(4)30-20(2)18-38(9,53-30)33(52-36-29(42)26(17-21(3)48-36)40-13-15-47-16-14-40)23(5)31(24(6)35(44)51-34)50-28-19-37(8,46-11)32(43)25(7)49-28/h21-29,31-34,36,41-43,45H,12-19H2,1-11H3/t21?,22-,23-,24+,25?,26?,27+,28-,29?,31-,32-,33+,34+,36-,37?,38-,39+/m0/s1. The number of nitrogens with zero attached hydrogens (tertiary/aromatic N) is 1. The zero-order chi connectivity index (χ0) is 39.2. The average Bonchev–Trinajstić information content (AvgIpc) is 3.44. The van der Waals surface area contributed by atoms with Crippen molar-refractivity contribution in [3.05, 3.63) is 11.3 Å². The molecule has 2 bridgehead atoms. The Morgan fingerprint density at radius 3 is 2.32 bits per heavy atom. The maximum atomic E-state index is 14.4. The Morgan fingerprint density at radius 1 is 1.04 bits per heavy atom. The van der Waals surface area contributed by atoms with Crippen LogP contribution in [0.2, 0.25) is 0 Å². The predicted octanol–water partition coefficient (Wildman–Crippen LogP) is 2.66. The average molecular weight is 758 g/mol. The molecule has 0 saturated carbocycles. The van der Waals surface area contributed by atoms with Gasteiger partial charge in [0.2, 0.25) is 0 Å². The number of hydrogen-bond acceptors (Lipinski definition) is 14. The number of morpholine rings is 1. The van der Waals surface area contributed by atoms with Gasteiger partial charge < -0.3 is 58.3 Å². The third-order valence-electron chi connectivity index (χ3n) is 12.8. The molecule has 0 amide bonds. The topological polar surface area (TPSA) is 175 Å². The van der Waals surface area contributed by atoms with E-state index in [1.54, 1.807) is 27.7 Å². The molecule has 4 saturated heterocycles. The molecule has 4 fully saturated rings. The van der Waals surface area contributed by atoms with Crippen LogP contribution in [0.3, 0.4) is 0 Å². The summed E-state index contributed by atoms with van der Waals surface area (Å²) in [5, 5.41) is 45.7. The second-order valence-electron chi connectivity index (χ2n) is 17.0. The normalized spacial score (nSPS) is 46.5. The van der Waals surface area contributed by atoms with Gasteiger partial charge in [-0.15, -0.1) is 0 Å². The highest BCUT2D eigenvalue weighted by Crippen LogP contribution is 2.48. The van der Waals surface area contributed by atoms with Crippen LogP contribution in [0.4, 0.5) is 0 Å². The van der Waals surface area contributed by atoms with Crippen LogP contribution in [0.1, 0.15) is 94.9 Å². The summed E-state index contributed by atoms with van der Waals surface area (Å²) in [6.45, 7) is 20.6. The number of aliphatic hydroxyl groups excluding tert-OH is 3. The zero-order valence-corrected chi connectivity index (χ0v) is 33.7. The van der Waals surface area contributed by atoms with Gasteiger partial charge in [-0.2, -0.15) is 0 Å². The van der Waals surface area contributed by atoms with Gasteiger partial charge in [-0.05, 0) is 66.9 Å². The summed E-state index contributed by atoms with van der Waals surface area (Å²) in [6.07, 6.45) is -7.33. The number of aliphatic hydroxyl groups is 4. The molecular formula is C39H67NO13. The molecule has 14 heteroatoms. The molecule has 0 aromatic carbocycles. The quantitative estimate of drug-likeness (QED) is 0.253. The molecule has 306 valence electrons. The van der Waals surface area contributed by atoms with Crippen LogP contribution >= 0.6 is 0 Å². The van der Waals surface area contributed by atoms with Gasteiger partial charge in [-0.25, -0.2) is 0 Å². The number of methoxy groups -OCH3 is 1. The van der Waals surface area contributed by atoms with Crippen LogP contribution in [0.5, 0.6) is 0 Å². The molecule has 17 atom stereocenters. The van der Waals surface area contributed by atoms with Crippen molar-refractivity contribution in [2.45, 2.75) is 179 Å². The van der Waals surface area contributed by atoms with Gasteiger partial charge >= 0.3 is 5.97 Å². The molecule has 0 aliphatic carbocycles. The maximum Gasteiger partial charge on any atom is 0.311 e. The molecule has 0 radical (unpaired) electrons. The van der Waals surface area contributed by atoms with E-state index in [0.29, 0.717) is 44.9 Å². The number of hydrogen-bond donors (Lipinski definition) is 4. The second-order valence-corrected chi connectivity index (χ2v) is 17.0. The molecule has 53 heavy (non-hydrogen) atoms. The molecule has 0 spiro atoms. The van der Waals surface area contributed by atoms with Crippen LogP contribution in [0.15, 0.2) is 11.3 Å². The number of esters is 1. The molecule has 5 rings (SSSR count). The van der Waals surface area contributed by atoms with E-state index < -0.39 is 95.8 Å². The minimum absolute atomic E-state index is 0.171. The van der Waals surface area contributed by atoms with E-state index in [4.69, 9.17) is 37.9 Å². The number of rotatable bonds is 9. The first-order valence-corrected chi connectivity index (χ1v) is 19.6. The van der Waals surface area contributed by atoms with Crippen molar-refractivity contribution in [2.24, 2.45) is 17.8 Å². The number of carbonyl (C=O) groups is 1. The Balaban J connectivity index is 1.57. The van der Waals surface area contributed by atoms with Gasteiger partial charge in [0.25, 0.3) is 0 Å². The highest BCUT2D eigenvalue weighted by molar-refractivity contribution is 5.73. The van der Waals surface area contributed by atoms with Crippen molar-refractivity contribution < 1.29 is 63.1 Å². The largest absolute Gasteiger partial charge is 0.488 e. The fraction of sp³-hybridized carbons (Fsp3) is 0.923. The van der Waals surface area contributed by atoms with E-state index in [1.165, 1.54) is 14.0 Å². The first-order chi connectivity index (χ1) is 24.8. The lowest BCUT2D eigenvalue weighted by atomic mass is 9.78. The van der Waals surface area contributed by atoms with Gasteiger partial charge in [-0.3, -0.25) is 9.69 Å². The van der Waals surface area contributed by atoms with E-state index in [9.17, 15) is 25.2 Å². The van der Waals surface area contributed by atoms with Crippen LogP contribution in [0, 0.1) is 17.8 Å². The first-order valence-electron chi connectivity index (χ1n) is 19.6. The van der Waals surface area contributed by atoms with E-state index in [-0.39, 0.29) is 25.0 Å². The van der Waals surface area contributed by atoms with Crippen LogP contribution in [0.25, 0.3) is 0 Å². The van der Waals surface area contributed by atoms with Crippen molar-refractivity contribution in [1.82, 2.24) is 4.90 Å². The van der Waals surface area contributed by atoms with Crippen molar-refractivity contribution in [3.63, 3.8) is 0 Å². The van der Waals surface area contributed by atoms with E-state index in [2.05, 4.69) is 4.90 Å². The van der Waals surface area contributed by atoms with E-state index >= 15 is 0 Å². The van der Waals surface area contributed by atoms with E-state index in [1.807, 2.05) is 34.6 Å². The molecule has 5 aliphatic rings. The summed E-state index contributed by atoms with van der Waals surface area (Å²) in [5.74, 6) is -2.28. The lowest BCUT2D eigenvalue weighted by Crippen LogP contribution is -2.61. The number of cyclic esters (lactones) is 1. The number of ether oxygens (including phenoxy) is 8. The third kappa shape index (κ3) is 8.49. The van der Waals surface area contributed by atoms with Crippen molar-refractivity contribution >= 4 is 5.97 Å². The first kappa shape index (κ1) is 42.7. The highest BCUT2D eigenvalue weighted by Gasteiger charge is 2.57. The van der Waals surface area contributed by atoms with Crippen molar-refractivity contribution in [1.29, 1.82) is 0 Å². The summed E-state index contributed by atoms with van der Waals surface area (Å²) in [6, 6.07) is -0.220. The summed E-state index contributed by atoms with van der Waals surface area (Å²) in [4.78, 5) is 16.6. The second kappa shape index (κ2) is 16.6. The van der Waals surface area contributed by atoms with Gasteiger partial charge in [0.05, 0.1) is 55.1 Å². The molecular weight excluding hydrogens is 690 g/mol. The maximum absolute atomic E-state index is 14.4. The molecule has 4 N–H and O–H groups in total. The lowest BCUT2D eigenvalue weighted by molar-refractivity contribution is -0.317. The molecule has 5 aliphatic heterocycles. The van der Waals surface area contributed by atoms with E-state index in [0.717, 1.165) is 5.57 Å². The predicted molar refractivity (Wildman–Crippen MR) is 192 cm³/mol. The summed E-state index contributed by atoms with van der Waals surface area (Å²) in [5.41, 5.74) is -2.98. The number of carbonyl (C=O) groups excluding carboxylic acids is 1. The van der Waals surface area contributed by atoms with Gasteiger partial charge in [0.15, 0.2) is 12.6 Å². The van der Waals surface area contributed by atoms with Gasteiger partial charge in [-0.1, -0.05) is 20.8 Å². The number of fused-ring (bicyclic) bond motifs is 2. The highest BCUT2D eigenvalue weighted by atomic mass is 16.7. The summed E-state index contributed by atoms with van der Waals surface area (Å²) in [7, 11) is 1.53. The fourth-order valence-corrected chi connectivity index (χ4v) is 9.48. The molecule has 5 unspecified atom stereocenters. The van der Waals surface area contributed by atoms with Crippen LogP contribution < -0.4 is 0 Å². The monoisotopic (exact) mass is 757 g/mol. The summed E-state index contributed by atoms with van der Waals surface area (Å²) < 4.78 is 50.8. The Labute approximate surface area is 315 Å². The minimum atomic E-state index is -1.83. The fourth-order valence-electron chi connectivity index (χ4n) is 9.48. The van der Waals surface area contributed by atoms with Crippen molar-refractivity contribution in [2.75, 3.05) is 33.4 Å². The van der Waals surface area contributed by atoms with Crippen molar-refractivity contribution in [3.8, 4) is 0 Å². The van der Waals surface area contributed by atoms with Gasteiger partial charge in [0.1, 0.15) is 41.4 Å².